The van der Waals surface area contributed by atoms with Crippen LogP contribution in [-0.2, 0) is 4.74 Å². The van der Waals surface area contributed by atoms with Crippen LogP contribution in [0.25, 0.3) is 5.65 Å². The Morgan fingerprint density at radius 2 is 2.35 bits per heavy atom. The number of fused-ring (bicyclic) bond motifs is 2. The number of nitrogens with zero attached hydrogens (tertiary/aromatic N) is 4. The minimum atomic E-state index is -0.374. The van der Waals surface area contributed by atoms with Crippen LogP contribution >= 0.6 is 0 Å². The summed E-state index contributed by atoms with van der Waals surface area (Å²) in [5, 5.41) is 18.0. The molecule has 1 aliphatic carbocycles. The zero-order chi connectivity index (χ0) is 16.0. The van der Waals surface area contributed by atoms with E-state index in [4.69, 9.17) is 4.74 Å². The van der Waals surface area contributed by atoms with Crippen LogP contribution in [-0.4, -0.2) is 61.9 Å². The summed E-state index contributed by atoms with van der Waals surface area (Å²) in [6, 6.07) is 3.50. The van der Waals surface area contributed by atoms with E-state index in [1.807, 2.05) is 17.2 Å². The van der Waals surface area contributed by atoms with Crippen LogP contribution in [0, 0.1) is 0 Å². The quantitative estimate of drug-likeness (QED) is 0.889. The molecule has 122 valence electrons. The van der Waals surface area contributed by atoms with Gasteiger partial charge in [-0.15, -0.1) is 10.2 Å². The molecule has 0 bridgehead atoms. The largest absolute Gasteiger partial charge is 0.393 e. The van der Waals surface area contributed by atoms with Gasteiger partial charge in [0.2, 0.25) is 0 Å². The highest BCUT2D eigenvalue weighted by Crippen LogP contribution is 2.43. The molecule has 1 amide bonds. The third-order valence-electron chi connectivity index (χ3n) is 5.38. The summed E-state index contributed by atoms with van der Waals surface area (Å²) < 4.78 is 7.54. The molecule has 0 spiro atoms. The van der Waals surface area contributed by atoms with E-state index in [0.717, 1.165) is 19.3 Å². The molecule has 1 aliphatic heterocycles. The van der Waals surface area contributed by atoms with Crippen molar-refractivity contribution in [2.75, 3.05) is 13.7 Å². The molecule has 1 saturated heterocycles. The molecular weight excluding hydrogens is 296 g/mol. The Balaban J connectivity index is 1.70. The monoisotopic (exact) mass is 316 g/mol. The number of rotatable bonds is 2. The van der Waals surface area contributed by atoms with Gasteiger partial charge >= 0.3 is 0 Å². The fourth-order valence-electron chi connectivity index (χ4n) is 4.09. The molecule has 4 rings (SSSR count). The van der Waals surface area contributed by atoms with E-state index in [1.165, 1.54) is 0 Å². The summed E-state index contributed by atoms with van der Waals surface area (Å²) >= 11 is 0. The third-order valence-corrected chi connectivity index (χ3v) is 5.38. The summed E-state index contributed by atoms with van der Waals surface area (Å²) in [5.74, 6) is -0.0679. The molecular formula is C16H20N4O3. The standard InChI is InChI=1S/C16H20N4O3/c1-23-16-5-4-11(21)9-13(16)20(8-6-16)15(22)12-3-2-7-19-10-17-18-14(12)19/h2-3,7,10-11,13,21H,4-6,8-9H2,1H3/t11-,13+,16-/m0/s1. The van der Waals surface area contributed by atoms with E-state index in [1.54, 1.807) is 23.9 Å². The van der Waals surface area contributed by atoms with Crippen molar-refractivity contribution >= 4 is 11.6 Å². The fourth-order valence-corrected chi connectivity index (χ4v) is 4.09. The molecule has 23 heavy (non-hydrogen) atoms. The Morgan fingerprint density at radius 3 is 3.17 bits per heavy atom. The Kier molecular flexibility index (Phi) is 3.35. The highest BCUT2D eigenvalue weighted by molar-refractivity contribution is 6.00. The first-order valence-electron chi connectivity index (χ1n) is 7.97. The lowest BCUT2D eigenvalue weighted by Gasteiger charge is -2.42. The second-order valence-corrected chi connectivity index (χ2v) is 6.45. The Hall–Kier alpha value is -1.99. The van der Waals surface area contributed by atoms with Gasteiger partial charge in [0, 0.05) is 19.9 Å². The molecule has 0 aromatic carbocycles. The van der Waals surface area contributed by atoms with Gasteiger partial charge in [0.1, 0.15) is 6.33 Å². The first-order valence-corrected chi connectivity index (χ1v) is 7.97. The predicted octanol–water partition coefficient (Wildman–Crippen LogP) is 0.874. The van der Waals surface area contributed by atoms with Crippen molar-refractivity contribution in [1.29, 1.82) is 0 Å². The number of hydrogen-bond acceptors (Lipinski definition) is 5. The van der Waals surface area contributed by atoms with Crippen LogP contribution in [0.15, 0.2) is 24.7 Å². The second kappa shape index (κ2) is 5.28. The van der Waals surface area contributed by atoms with E-state index in [9.17, 15) is 9.90 Å². The molecule has 2 aliphatic rings. The number of ether oxygens (including phenoxy) is 1. The average molecular weight is 316 g/mol. The van der Waals surface area contributed by atoms with Crippen LogP contribution in [0.4, 0.5) is 0 Å². The Labute approximate surface area is 133 Å². The summed E-state index contributed by atoms with van der Waals surface area (Å²) in [5.41, 5.74) is 0.772. The van der Waals surface area contributed by atoms with Crippen molar-refractivity contribution in [3.63, 3.8) is 0 Å². The maximum atomic E-state index is 13.1. The van der Waals surface area contributed by atoms with Crippen LogP contribution in [0.2, 0.25) is 0 Å². The van der Waals surface area contributed by atoms with Crippen LogP contribution in [0.5, 0.6) is 0 Å². The number of carbonyl (C=O) groups excluding carboxylic acids is 1. The van der Waals surface area contributed by atoms with E-state index in [2.05, 4.69) is 10.2 Å². The van der Waals surface area contributed by atoms with Gasteiger partial charge in [-0.1, -0.05) is 0 Å². The highest BCUT2D eigenvalue weighted by Gasteiger charge is 2.52. The minimum absolute atomic E-state index is 0.0679. The van der Waals surface area contributed by atoms with Gasteiger partial charge in [-0.05, 0) is 37.8 Å². The zero-order valence-electron chi connectivity index (χ0n) is 13.1. The molecule has 3 heterocycles. The SMILES string of the molecule is CO[C@]12CC[C@H](O)C[C@H]1N(C(=O)c1cccn3cnnc13)CC2. The van der Waals surface area contributed by atoms with Gasteiger partial charge < -0.3 is 14.7 Å². The van der Waals surface area contributed by atoms with Crippen LogP contribution in [0.1, 0.15) is 36.0 Å². The molecule has 0 radical (unpaired) electrons. The highest BCUT2D eigenvalue weighted by atomic mass is 16.5. The smallest absolute Gasteiger partial charge is 0.258 e. The maximum absolute atomic E-state index is 13.1. The van der Waals surface area contributed by atoms with E-state index in [0.29, 0.717) is 24.2 Å². The van der Waals surface area contributed by atoms with Crippen molar-refractivity contribution < 1.29 is 14.6 Å². The van der Waals surface area contributed by atoms with Crippen molar-refractivity contribution in [1.82, 2.24) is 19.5 Å². The van der Waals surface area contributed by atoms with Crippen molar-refractivity contribution in [3.8, 4) is 0 Å². The normalized spacial score (nSPS) is 30.6. The fraction of sp³-hybridized carbons (Fsp3) is 0.562. The summed E-state index contributed by atoms with van der Waals surface area (Å²) in [6.45, 7) is 0.638. The summed E-state index contributed by atoms with van der Waals surface area (Å²) in [6.07, 6.45) is 5.92. The molecule has 2 fully saturated rings. The number of aliphatic hydroxyl groups is 1. The van der Waals surface area contributed by atoms with Crippen LogP contribution < -0.4 is 0 Å². The number of aliphatic hydroxyl groups excluding tert-OH is 1. The molecule has 1 saturated carbocycles. The van der Waals surface area contributed by atoms with E-state index >= 15 is 0 Å². The molecule has 0 unspecified atom stereocenters. The van der Waals surface area contributed by atoms with Gasteiger partial charge in [0.15, 0.2) is 5.65 Å². The summed E-state index contributed by atoms with van der Waals surface area (Å²) in [7, 11) is 1.71. The predicted molar refractivity (Wildman–Crippen MR) is 82.0 cm³/mol. The molecule has 2 aromatic rings. The average Bonchev–Trinajstić information content (AvgIpc) is 3.18. The Morgan fingerprint density at radius 1 is 1.48 bits per heavy atom. The van der Waals surface area contributed by atoms with Crippen molar-refractivity contribution in [2.45, 2.75) is 43.4 Å². The van der Waals surface area contributed by atoms with Gasteiger partial charge in [0.25, 0.3) is 5.91 Å². The van der Waals surface area contributed by atoms with Crippen molar-refractivity contribution in [2.24, 2.45) is 0 Å². The summed E-state index contributed by atoms with van der Waals surface area (Å²) in [4.78, 5) is 14.9. The van der Waals surface area contributed by atoms with Gasteiger partial charge in [-0.25, -0.2) is 0 Å². The van der Waals surface area contributed by atoms with Crippen LogP contribution in [0.3, 0.4) is 0 Å². The topological polar surface area (TPSA) is 80.0 Å². The minimum Gasteiger partial charge on any atom is -0.393 e. The molecule has 7 heteroatoms. The molecule has 1 N–H and O–H groups in total. The number of methoxy groups -OCH3 is 1. The third kappa shape index (κ3) is 2.14. The molecule has 7 nitrogen and oxygen atoms in total. The molecule has 3 atom stereocenters. The zero-order valence-corrected chi connectivity index (χ0v) is 13.1. The first kappa shape index (κ1) is 14.6. The second-order valence-electron chi connectivity index (χ2n) is 6.45. The number of aromatic nitrogens is 3. The van der Waals surface area contributed by atoms with Gasteiger partial charge in [0.05, 0.1) is 23.3 Å². The number of hydrogen-bond donors (Lipinski definition) is 1. The number of pyridine rings is 1. The lowest BCUT2D eigenvalue weighted by atomic mass is 9.79. The number of likely N-dealkylation sites (tertiary alicyclic amines) is 1. The van der Waals surface area contributed by atoms with E-state index < -0.39 is 0 Å². The Bertz CT molecular complexity index is 746. The lowest BCUT2D eigenvalue weighted by molar-refractivity contribution is -0.0824. The molecule has 2 aromatic heterocycles. The number of carbonyl (C=O) groups is 1. The number of amides is 1. The van der Waals surface area contributed by atoms with Crippen molar-refractivity contribution in [3.05, 3.63) is 30.2 Å². The lowest BCUT2D eigenvalue weighted by Crippen LogP contribution is -2.52. The first-order chi connectivity index (χ1) is 11.1. The van der Waals surface area contributed by atoms with E-state index in [-0.39, 0.29) is 23.7 Å². The van der Waals surface area contributed by atoms with Gasteiger partial charge in [-0.3, -0.25) is 9.20 Å². The maximum Gasteiger partial charge on any atom is 0.258 e. The van der Waals surface area contributed by atoms with Gasteiger partial charge in [-0.2, -0.15) is 0 Å².